The van der Waals surface area contributed by atoms with E-state index in [9.17, 15) is 13.2 Å². The fourth-order valence-electron chi connectivity index (χ4n) is 1.73. The number of aromatic nitrogens is 1. The molecule has 0 aliphatic heterocycles. The molecule has 1 N–H and O–H groups in total. The Kier molecular flexibility index (Phi) is 4.49. The third-order valence-corrected chi connectivity index (χ3v) is 3.41. The number of nitrogens with one attached hydrogen (secondary N) is 1. The molecule has 1 aromatic carbocycles. The van der Waals surface area contributed by atoms with E-state index >= 15 is 0 Å². The van der Waals surface area contributed by atoms with Gasteiger partial charge in [0.2, 0.25) is 0 Å². The first-order valence-corrected chi connectivity index (χ1v) is 6.73. The van der Waals surface area contributed by atoms with Crippen molar-refractivity contribution in [1.82, 2.24) is 10.3 Å². The average Bonchev–Trinajstić information content (AvgIpc) is 2.83. The van der Waals surface area contributed by atoms with Crippen LogP contribution in [0.2, 0.25) is 0 Å². The number of rotatable bonds is 4. The first-order chi connectivity index (χ1) is 9.43. The highest BCUT2D eigenvalue weighted by Crippen LogP contribution is 2.37. The number of alkyl halides is 3. The summed E-state index contributed by atoms with van der Waals surface area (Å²) in [5.74, 6) is 0.337. The zero-order valence-electron chi connectivity index (χ0n) is 10.6. The molecule has 0 fully saturated rings. The van der Waals surface area contributed by atoms with Gasteiger partial charge in [-0.05, 0) is 24.7 Å². The molecule has 7 heteroatoms. The van der Waals surface area contributed by atoms with E-state index in [4.69, 9.17) is 4.42 Å². The van der Waals surface area contributed by atoms with Gasteiger partial charge in [0, 0.05) is 16.6 Å². The Balaban J connectivity index is 2.44. The molecule has 2 aromatic rings. The van der Waals surface area contributed by atoms with Crippen LogP contribution in [-0.2, 0) is 12.7 Å². The summed E-state index contributed by atoms with van der Waals surface area (Å²) in [6.07, 6.45) is -3.16. The van der Waals surface area contributed by atoms with E-state index in [2.05, 4.69) is 26.2 Å². The zero-order valence-corrected chi connectivity index (χ0v) is 12.2. The Morgan fingerprint density at radius 2 is 2.10 bits per heavy atom. The number of nitrogens with zero attached hydrogens (tertiary/aromatic N) is 1. The normalized spacial score (nSPS) is 11.8. The smallest absolute Gasteiger partial charge is 0.416 e. The highest BCUT2D eigenvalue weighted by molar-refractivity contribution is 9.10. The minimum Gasteiger partial charge on any atom is -0.443 e. The molecule has 0 unspecified atom stereocenters. The summed E-state index contributed by atoms with van der Waals surface area (Å²) < 4.78 is 44.1. The summed E-state index contributed by atoms with van der Waals surface area (Å²) in [5.41, 5.74) is 0.193. The second-order valence-corrected chi connectivity index (χ2v) is 4.96. The number of halogens is 4. The van der Waals surface area contributed by atoms with Crippen molar-refractivity contribution in [2.24, 2.45) is 0 Å². The van der Waals surface area contributed by atoms with Crippen molar-refractivity contribution in [3.63, 3.8) is 0 Å². The topological polar surface area (TPSA) is 38.1 Å². The maximum Gasteiger partial charge on any atom is 0.416 e. The van der Waals surface area contributed by atoms with Crippen molar-refractivity contribution in [3.8, 4) is 11.3 Å². The summed E-state index contributed by atoms with van der Waals surface area (Å²) in [6, 6.07) is 3.44. The lowest BCUT2D eigenvalue weighted by Gasteiger charge is -2.10. The molecule has 3 nitrogen and oxygen atoms in total. The fraction of sp³-hybridized carbons (Fsp3) is 0.308. The highest BCUT2D eigenvalue weighted by Gasteiger charge is 2.31. The van der Waals surface area contributed by atoms with Gasteiger partial charge in [-0.25, -0.2) is 4.98 Å². The molecule has 0 radical (unpaired) electrons. The third-order valence-electron chi connectivity index (χ3n) is 2.72. The Hall–Kier alpha value is -1.34. The van der Waals surface area contributed by atoms with E-state index in [0.717, 1.165) is 18.7 Å². The average molecular weight is 349 g/mol. The van der Waals surface area contributed by atoms with Crippen LogP contribution in [0.1, 0.15) is 18.2 Å². The largest absolute Gasteiger partial charge is 0.443 e. The van der Waals surface area contributed by atoms with Crippen LogP contribution in [0.3, 0.4) is 0 Å². The molecule has 1 aromatic heterocycles. The maximum absolute atomic E-state index is 12.8. The van der Waals surface area contributed by atoms with E-state index in [1.54, 1.807) is 0 Å². The summed E-state index contributed by atoms with van der Waals surface area (Å²) in [4.78, 5) is 4.03. The van der Waals surface area contributed by atoms with Crippen LogP contribution < -0.4 is 5.32 Å². The van der Waals surface area contributed by atoms with Gasteiger partial charge in [0.1, 0.15) is 5.69 Å². The first-order valence-electron chi connectivity index (χ1n) is 5.93. The molecular formula is C13H12BrF3N2O. The Morgan fingerprint density at radius 3 is 2.75 bits per heavy atom. The molecule has 20 heavy (non-hydrogen) atoms. The molecule has 0 atom stereocenters. The van der Waals surface area contributed by atoms with Crippen molar-refractivity contribution in [2.45, 2.75) is 19.6 Å². The van der Waals surface area contributed by atoms with E-state index in [1.807, 2.05) is 6.92 Å². The molecule has 0 aliphatic carbocycles. The van der Waals surface area contributed by atoms with E-state index < -0.39 is 11.7 Å². The minimum absolute atomic E-state index is 0.337. The van der Waals surface area contributed by atoms with Crippen LogP contribution in [0.5, 0.6) is 0 Å². The molecular weight excluding hydrogens is 337 g/mol. The van der Waals surface area contributed by atoms with Crippen molar-refractivity contribution < 1.29 is 17.6 Å². The summed E-state index contributed by atoms with van der Waals surface area (Å²) in [6.45, 7) is 3.10. The van der Waals surface area contributed by atoms with Crippen LogP contribution in [0.15, 0.2) is 33.5 Å². The van der Waals surface area contributed by atoms with E-state index in [1.165, 1.54) is 12.5 Å². The van der Waals surface area contributed by atoms with Crippen molar-refractivity contribution in [2.75, 3.05) is 6.54 Å². The number of hydrogen-bond acceptors (Lipinski definition) is 3. The van der Waals surface area contributed by atoms with Crippen LogP contribution in [0.25, 0.3) is 11.3 Å². The lowest BCUT2D eigenvalue weighted by molar-refractivity contribution is -0.137. The van der Waals surface area contributed by atoms with Crippen molar-refractivity contribution >= 4 is 15.9 Å². The van der Waals surface area contributed by atoms with Gasteiger partial charge in [0.15, 0.2) is 12.2 Å². The van der Waals surface area contributed by atoms with E-state index in [-0.39, 0.29) is 0 Å². The molecule has 0 aliphatic rings. The summed E-state index contributed by atoms with van der Waals surface area (Å²) >= 11 is 3.25. The highest BCUT2D eigenvalue weighted by atomic mass is 79.9. The van der Waals surface area contributed by atoms with Crippen LogP contribution in [0, 0.1) is 0 Å². The van der Waals surface area contributed by atoms with Gasteiger partial charge in [-0.3, -0.25) is 0 Å². The SMILES string of the molecule is CCNCc1ncoc1-c1cc(C(F)(F)F)ccc1Br. The van der Waals surface area contributed by atoms with Crippen LogP contribution in [0.4, 0.5) is 13.2 Å². The molecule has 0 amide bonds. The summed E-state index contributed by atoms with van der Waals surface area (Å²) in [5, 5.41) is 3.07. The predicted octanol–water partition coefficient (Wildman–Crippen LogP) is 4.23. The maximum atomic E-state index is 12.8. The van der Waals surface area contributed by atoms with Gasteiger partial charge < -0.3 is 9.73 Å². The lowest BCUT2D eigenvalue weighted by Crippen LogP contribution is -2.12. The molecule has 0 bridgehead atoms. The van der Waals surface area contributed by atoms with Gasteiger partial charge in [-0.15, -0.1) is 0 Å². The summed E-state index contributed by atoms with van der Waals surface area (Å²) in [7, 11) is 0. The van der Waals surface area contributed by atoms with Crippen LogP contribution in [-0.4, -0.2) is 11.5 Å². The second-order valence-electron chi connectivity index (χ2n) is 4.10. The Labute approximate surface area is 122 Å². The first kappa shape index (κ1) is 15.1. The monoisotopic (exact) mass is 348 g/mol. The molecule has 2 rings (SSSR count). The molecule has 0 saturated heterocycles. The Bertz CT molecular complexity index is 596. The number of hydrogen-bond donors (Lipinski definition) is 1. The predicted molar refractivity (Wildman–Crippen MR) is 72.0 cm³/mol. The quantitative estimate of drug-likeness (QED) is 0.898. The molecule has 0 spiro atoms. The molecule has 0 saturated carbocycles. The lowest BCUT2D eigenvalue weighted by atomic mass is 10.1. The second kappa shape index (κ2) is 5.97. The molecule has 1 heterocycles. The van der Waals surface area contributed by atoms with Crippen molar-refractivity contribution in [1.29, 1.82) is 0 Å². The molecule has 108 valence electrons. The zero-order chi connectivity index (χ0) is 14.8. The third kappa shape index (κ3) is 3.21. The van der Waals surface area contributed by atoms with Gasteiger partial charge >= 0.3 is 6.18 Å². The number of benzene rings is 1. The van der Waals surface area contributed by atoms with Gasteiger partial charge in [-0.2, -0.15) is 13.2 Å². The van der Waals surface area contributed by atoms with Gasteiger partial charge in [-0.1, -0.05) is 22.9 Å². The van der Waals surface area contributed by atoms with Crippen molar-refractivity contribution in [3.05, 3.63) is 40.3 Å². The fourth-order valence-corrected chi connectivity index (χ4v) is 2.16. The Morgan fingerprint density at radius 1 is 1.35 bits per heavy atom. The van der Waals surface area contributed by atoms with E-state index in [0.29, 0.717) is 28.0 Å². The number of oxazole rings is 1. The minimum atomic E-state index is -4.39. The van der Waals surface area contributed by atoms with Crippen LogP contribution >= 0.6 is 15.9 Å². The van der Waals surface area contributed by atoms with Gasteiger partial charge in [0.25, 0.3) is 0 Å². The van der Waals surface area contributed by atoms with Gasteiger partial charge in [0.05, 0.1) is 5.56 Å². The standard InChI is InChI=1S/C13H12BrF3N2O/c1-2-18-6-11-12(20-7-19-11)9-5-8(13(15,16)17)3-4-10(9)14/h3-5,7,18H,2,6H2,1H3.